The van der Waals surface area contributed by atoms with Gasteiger partial charge in [0.1, 0.15) is 0 Å². The van der Waals surface area contributed by atoms with E-state index in [4.69, 9.17) is 16.7 Å². The highest BCUT2D eigenvalue weighted by atomic mass is 35.5. The number of rotatable bonds is 2. The normalized spacial score (nSPS) is 11.6. The molecular weight excluding hydrogens is 230 g/mol. The van der Waals surface area contributed by atoms with E-state index >= 15 is 0 Å². The van der Waals surface area contributed by atoms with Crippen molar-refractivity contribution in [2.75, 3.05) is 6.26 Å². The number of hydrogen-bond donors (Lipinski definition) is 1. The molecule has 6 heteroatoms. The molecule has 1 aromatic rings. The largest absolute Gasteiger partial charge is 0.274 e. The van der Waals surface area contributed by atoms with Crippen molar-refractivity contribution < 1.29 is 8.42 Å². The summed E-state index contributed by atoms with van der Waals surface area (Å²) in [5, 5.41) is 5.76. The molecule has 0 atom stereocenters. The molecule has 0 radical (unpaired) electrons. The summed E-state index contributed by atoms with van der Waals surface area (Å²) in [5.41, 5.74) is 0. The van der Waals surface area contributed by atoms with Crippen LogP contribution in [-0.2, 0) is 9.84 Å². The van der Waals surface area contributed by atoms with Crippen molar-refractivity contribution in [2.45, 2.75) is 9.79 Å². The maximum atomic E-state index is 11.1. The van der Waals surface area contributed by atoms with E-state index in [1.165, 1.54) is 18.2 Å². The second-order valence-corrected chi connectivity index (χ2v) is 5.58. The van der Waals surface area contributed by atoms with E-state index < -0.39 is 9.84 Å². The highest BCUT2D eigenvalue weighted by Gasteiger charge is 2.09. The van der Waals surface area contributed by atoms with E-state index in [1.807, 2.05) is 0 Å². The zero-order valence-corrected chi connectivity index (χ0v) is 9.21. The van der Waals surface area contributed by atoms with Crippen molar-refractivity contribution >= 4 is 33.4 Å². The molecule has 72 valence electrons. The minimum absolute atomic E-state index is 0.227. The van der Waals surface area contributed by atoms with Gasteiger partial charge in [0.15, 0.2) is 9.84 Å². The Labute approximate surface area is 86.3 Å². The van der Waals surface area contributed by atoms with Crippen molar-refractivity contribution in [3.63, 3.8) is 0 Å². The van der Waals surface area contributed by atoms with Crippen molar-refractivity contribution in [2.24, 2.45) is 5.14 Å². The van der Waals surface area contributed by atoms with E-state index in [2.05, 4.69) is 0 Å². The summed E-state index contributed by atoms with van der Waals surface area (Å²) >= 11 is 6.68. The molecule has 0 unspecified atom stereocenters. The maximum Gasteiger partial charge on any atom is 0.175 e. The standard InChI is InChI=1S/C7H8ClNO2S2/c1-13(10,11)5-2-3-6(8)7(4-5)12-9/h2-4H,9H2,1H3. The number of hydrogen-bond acceptors (Lipinski definition) is 4. The zero-order valence-electron chi connectivity index (χ0n) is 6.82. The van der Waals surface area contributed by atoms with E-state index in [1.54, 1.807) is 0 Å². The number of benzene rings is 1. The highest BCUT2D eigenvalue weighted by molar-refractivity contribution is 7.97. The van der Waals surface area contributed by atoms with Gasteiger partial charge < -0.3 is 0 Å². The maximum absolute atomic E-state index is 11.1. The first-order valence-electron chi connectivity index (χ1n) is 3.31. The molecule has 1 rings (SSSR count). The molecule has 0 aliphatic heterocycles. The first-order chi connectivity index (χ1) is 5.95. The lowest BCUT2D eigenvalue weighted by Gasteiger charge is -2.02. The van der Waals surface area contributed by atoms with Gasteiger partial charge in [-0.2, -0.15) is 0 Å². The third-order valence-corrected chi connectivity index (χ3v) is 3.60. The predicted molar refractivity (Wildman–Crippen MR) is 54.6 cm³/mol. The second-order valence-electron chi connectivity index (χ2n) is 2.48. The Balaban J connectivity index is 3.30. The minimum atomic E-state index is -3.18. The van der Waals surface area contributed by atoms with E-state index in [0.717, 1.165) is 18.2 Å². The van der Waals surface area contributed by atoms with Crippen molar-refractivity contribution in [3.05, 3.63) is 23.2 Å². The Morgan fingerprint density at radius 2 is 2.08 bits per heavy atom. The van der Waals surface area contributed by atoms with Gasteiger partial charge in [0.25, 0.3) is 0 Å². The highest BCUT2D eigenvalue weighted by Crippen LogP contribution is 2.26. The molecule has 0 bridgehead atoms. The van der Waals surface area contributed by atoms with Gasteiger partial charge >= 0.3 is 0 Å². The van der Waals surface area contributed by atoms with Crippen LogP contribution >= 0.6 is 23.5 Å². The molecule has 13 heavy (non-hydrogen) atoms. The fraction of sp³-hybridized carbons (Fsp3) is 0.143. The molecule has 0 heterocycles. The molecule has 0 spiro atoms. The van der Waals surface area contributed by atoms with Crippen LogP contribution in [0, 0.1) is 0 Å². The SMILES string of the molecule is CS(=O)(=O)c1ccc(Cl)c(SN)c1. The van der Waals surface area contributed by atoms with Crippen LogP contribution < -0.4 is 5.14 Å². The first-order valence-corrected chi connectivity index (χ1v) is 6.46. The van der Waals surface area contributed by atoms with Crippen LogP contribution in [0.1, 0.15) is 0 Å². The Morgan fingerprint density at radius 3 is 2.54 bits per heavy atom. The van der Waals surface area contributed by atoms with Gasteiger partial charge in [0, 0.05) is 11.2 Å². The molecule has 0 fully saturated rings. The Morgan fingerprint density at radius 1 is 1.46 bits per heavy atom. The third kappa shape index (κ3) is 2.60. The van der Waals surface area contributed by atoms with Gasteiger partial charge in [-0.3, -0.25) is 5.14 Å². The van der Waals surface area contributed by atoms with Crippen LogP contribution in [0.15, 0.2) is 28.0 Å². The molecule has 2 N–H and O–H groups in total. The summed E-state index contributed by atoms with van der Waals surface area (Å²) in [7, 11) is -3.18. The summed E-state index contributed by atoms with van der Waals surface area (Å²) < 4.78 is 22.2. The van der Waals surface area contributed by atoms with Crippen LogP contribution in [-0.4, -0.2) is 14.7 Å². The molecular formula is C7H8ClNO2S2. The summed E-state index contributed by atoms with van der Waals surface area (Å²) in [6.07, 6.45) is 1.14. The Hall–Kier alpha value is -0.230. The van der Waals surface area contributed by atoms with Crippen LogP contribution in [0.2, 0.25) is 5.02 Å². The average Bonchev–Trinajstić information content (AvgIpc) is 2.03. The van der Waals surface area contributed by atoms with Crippen LogP contribution in [0.3, 0.4) is 0 Å². The summed E-state index contributed by atoms with van der Waals surface area (Å²) in [6, 6.07) is 4.44. The van der Waals surface area contributed by atoms with Crippen LogP contribution in [0.5, 0.6) is 0 Å². The van der Waals surface area contributed by atoms with Crippen molar-refractivity contribution in [1.29, 1.82) is 0 Å². The third-order valence-electron chi connectivity index (χ3n) is 1.46. The zero-order chi connectivity index (χ0) is 10.1. The number of nitrogens with two attached hydrogens (primary N) is 1. The molecule has 0 aliphatic carbocycles. The second kappa shape index (κ2) is 3.88. The van der Waals surface area contributed by atoms with Crippen molar-refractivity contribution in [1.82, 2.24) is 0 Å². The monoisotopic (exact) mass is 237 g/mol. The quantitative estimate of drug-likeness (QED) is 0.796. The van der Waals surface area contributed by atoms with E-state index in [-0.39, 0.29) is 4.90 Å². The lowest BCUT2D eigenvalue weighted by Crippen LogP contribution is -1.97. The summed E-state index contributed by atoms with van der Waals surface area (Å²) in [4.78, 5) is 0.787. The molecule has 3 nitrogen and oxygen atoms in total. The fourth-order valence-corrected chi connectivity index (χ4v) is 2.15. The fourth-order valence-electron chi connectivity index (χ4n) is 0.805. The molecule has 0 aliphatic rings. The summed E-state index contributed by atoms with van der Waals surface area (Å²) in [6.45, 7) is 0. The predicted octanol–water partition coefficient (Wildman–Crippen LogP) is 1.71. The van der Waals surface area contributed by atoms with Gasteiger partial charge in [0.2, 0.25) is 0 Å². The molecule has 0 amide bonds. The van der Waals surface area contributed by atoms with Crippen LogP contribution in [0.4, 0.5) is 0 Å². The van der Waals surface area contributed by atoms with Crippen LogP contribution in [0.25, 0.3) is 0 Å². The lowest BCUT2D eigenvalue weighted by atomic mass is 10.4. The van der Waals surface area contributed by atoms with Gasteiger partial charge in [-0.25, -0.2) is 8.42 Å². The Bertz CT molecular complexity index is 417. The van der Waals surface area contributed by atoms with Gasteiger partial charge in [0.05, 0.1) is 9.92 Å². The van der Waals surface area contributed by atoms with Gasteiger partial charge in [-0.15, -0.1) is 0 Å². The first kappa shape index (κ1) is 10.8. The van der Waals surface area contributed by atoms with Crippen molar-refractivity contribution in [3.8, 4) is 0 Å². The average molecular weight is 238 g/mol. The number of sulfone groups is 1. The molecule has 0 saturated heterocycles. The Kier molecular flexibility index (Phi) is 3.23. The molecule has 0 saturated carbocycles. The van der Waals surface area contributed by atoms with Gasteiger partial charge in [-0.1, -0.05) is 11.6 Å². The molecule has 1 aromatic carbocycles. The minimum Gasteiger partial charge on any atom is -0.274 e. The summed E-state index contributed by atoms with van der Waals surface area (Å²) in [5.74, 6) is 0. The number of halogens is 1. The topological polar surface area (TPSA) is 60.2 Å². The van der Waals surface area contributed by atoms with E-state index in [9.17, 15) is 8.42 Å². The van der Waals surface area contributed by atoms with Gasteiger partial charge in [-0.05, 0) is 30.1 Å². The lowest BCUT2D eigenvalue weighted by molar-refractivity contribution is 0.601. The smallest absolute Gasteiger partial charge is 0.175 e. The van der Waals surface area contributed by atoms with E-state index in [0.29, 0.717) is 9.92 Å². The molecule has 0 aromatic heterocycles.